The van der Waals surface area contributed by atoms with Gasteiger partial charge in [-0.25, -0.2) is 4.79 Å². The summed E-state index contributed by atoms with van der Waals surface area (Å²) in [6.45, 7) is 6.57. The molecule has 0 aromatic rings. The molecule has 1 saturated carbocycles. The van der Waals surface area contributed by atoms with Crippen LogP contribution in [0.1, 0.15) is 46.5 Å². The molecular weight excluding hydrogens is 244 g/mol. The van der Waals surface area contributed by atoms with Crippen LogP contribution in [-0.4, -0.2) is 41.1 Å². The fraction of sp³-hybridized carbons (Fsp3) is 0.857. The summed E-state index contributed by atoms with van der Waals surface area (Å²) in [6, 6.07) is 0.202. The lowest BCUT2D eigenvalue weighted by atomic mass is 9.96. The van der Waals surface area contributed by atoms with Crippen molar-refractivity contribution in [3.05, 3.63) is 0 Å². The molecule has 0 bridgehead atoms. The van der Waals surface area contributed by atoms with Gasteiger partial charge < -0.3 is 15.3 Å². The maximum atomic E-state index is 12.1. The molecule has 0 aromatic carbocycles. The van der Waals surface area contributed by atoms with Gasteiger partial charge in [-0.1, -0.05) is 26.7 Å². The predicted octanol–water partition coefficient (Wildman–Crippen LogP) is 2.32. The number of carbonyl (C=O) groups excluding carboxylic acids is 1. The van der Waals surface area contributed by atoms with E-state index in [1.54, 1.807) is 0 Å². The highest BCUT2D eigenvalue weighted by atomic mass is 16.4. The molecule has 0 heterocycles. The van der Waals surface area contributed by atoms with Crippen LogP contribution in [0, 0.1) is 11.8 Å². The van der Waals surface area contributed by atoms with Crippen molar-refractivity contribution in [2.75, 3.05) is 13.1 Å². The Morgan fingerprint density at radius 3 is 2.32 bits per heavy atom. The summed E-state index contributed by atoms with van der Waals surface area (Å²) in [5.41, 5.74) is 0. The standard InChI is InChI=1S/C14H26N2O3/c1-4-16(11-7-5-6-8-11)14(19)15-9-12(10(2)3)13(17)18/h10-12H,4-9H2,1-3H3,(H,15,19)(H,17,18). The number of nitrogens with one attached hydrogen (secondary N) is 1. The second-order valence-electron chi connectivity index (χ2n) is 5.60. The average molecular weight is 270 g/mol. The zero-order valence-corrected chi connectivity index (χ0v) is 12.2. The first-order valence-electron chi connectivity index (χ1n) is 7.24. The van der Waals surface area contributed by atoms with Gasteiger partial charge in [-0.05, 0) is 25.7 Å². The van der Waals surface area contributed by atoms with Crippen LogP contribution in [0.4, 0.5) is 4.79 Å². The van der Waals surface area contributed by atoms with Crippen LogP contribution in [0.3, 0.4) is 0 Å². The highest BCUT2D eigenvalue weighted by molar-refractivity contribution is 5.76. The lowest BCUT2D eigenvalue weighted by Crippen LogP contribution is -2.47. The molecule has 1 atom stereocenters. The van der Waals surface area contributed by atoms with Crippen LogP contribution >= 0.6 is 0 Å². The maximum Gasteiger partial charge on any atom is 0.317 e. The maximum absolute atomic E-state index is 12.1. The third-order valence-electron chi connectivity index (χ3n) is 3.96. The summed E-state index contributed by atoms with van der Waals surface area (Å²) >= 11 is 0. The van der Waals surface area contributed by atoms with E-state index < -0.39 is 11.9 Å². The van der Waals surface area contributed by atoms with Gasteiger partial charge in [0.05, 0.1) is 5.92 Å². The average Bonchev–Trinajstić information content (AvgIpc) is 2.82. The summed E-state index contributed by atoms with van der Waals surface area (Å²) in [5.74, 6) is -1.36. The predicted molar refractivity (Wildman–Crippen MR) is 74.0 cm³/mol. The van der Waals surface area contributed by atoms with Crippen molar-refractivity contribution in [1.29, 1.82) is 0 Å². The molecule has 0 aromatic heterocycles. The molecule has 1 unspecified atom stereocenters. The van der Waals surface area contributed by atoms with Gasteiger partial charge in [0.15, 0.2) is 0 Å². The largest absolute Gasteiger partial charge is 0.481 e. The van der Waals surface area contributed by atoms with E-state index in [0.29, 0.717) is 12.6 Å². The molecule has 2 amide bonds. The minimum absolute atomic E-state index is 0.0133. The molecule has 5 heteroatoms. The van der Waals surface area contributed by atoms with Gasteiger partial charge in [0.1, 0.15) is 0 Å². The van der Waals surface area contributed by atoms with Gasteiger partial charge in [-0.3, -0.25) is 4.79 Å². The zero-order valence-electron chi connectivity index (χ0n) is 12.2. The van der Waals surface area contributed by atoms with E-state index in [1.165, 1.54) is 12.8 Å². The van der Waals surface area contributed by atoms with E-state index in [4.69, 9.17) is 5.11 Å². The van der Waals surface area contributed by atoms with E-state index in [0.717, 1.165) is 12.8 Å². The van der Waals surface area contributed by atoms with Gasteiger partial charge in [-0.15, -0.1) is 0 Å². The summed E-state index contributed by atoms with van der Waals surface area (Å²) in [4.78, 5) is 25.1. The van der Waals surface area contributed by atoms with Crippen LogP contribution in [0.15, 0.2) is 0 Å². The molecule has 1 rings (SSSR count). The van der Waals surface area contributed by atoms with Crippen LogP contribution < -0.4 is 5.32 Å². The fourth-order valence-corrected chi connectivity index (χ4v) is 2.69. The number of amides is 2. The third-order valence-corrected chi connectivity index (χ3v) is 3.96. The molecule has 0 aliphatic heterocycles. The van der Waals surface area contributed by atoms with E-state index >= 15 is 0 Å². The molecule has 5 nitrogen and oxygen atoms in total. The van der Waals surface area contributed by atoms with Crippen molar-refractivity contribution in [2.45, 2.75) is 52.5 Å². The lowest BCUT2D eigenvalue weighted by molar-refractivity contribution is -0.142. The van der Waals surface area contributed by atoms with Crippen molar-refractivity contribution < 1.29 is 14.7 Å². The first-order valence-corrected chi connectivity index (χ1v) is 7.24. The fourth-order valence-electron chi connectivity index (χ4n) is 2.69. The molecule has 19 heavy (non-hydrogen) atoms. The van der Waals surface area contributed by atoms with Crippen molar-refractivity contribution in [3.8, 4) is 0 Å². The highest BCUT2D eigenvalue weighted by Gasteiger charge is 2.27. The number of aliphatic carboxylic acids is 1. The van der Waals surface area contributed by atoms with E-state index in [2.05, 4.69) is 5.32 Å². The number of carboxylic acid groups (broad SMARTS) is 1. The van der Waals surface area contributed by atoms with Crippen LogP contribution in [-0.2, 0) is 4.79 Å². The Kier molecular flexibility index (Phi) is 6.12. The first kappa shape index (κ1) is 15.8. The number of urea groups is 1. The van der Waals surface area contributed by atoms with Crippen molar-refractivity contribution in [3.63, 3.8) is 0 Å². The molecule has 1 fully saturated rings. The van der Waals surface area contributed by atoms with Gasteiger partial charge in [0.25, 0.3) is 0 Å². The van der Waals surface area contributed by atoms with Gasteiger partial charge in [-0.2, -0.15) is 0 Å². The van der Waals surface area contributed by atoms with Crippen LogP contribution in [0.2, 0.25) is 0 Å². The molecule has 0 saturated heterocycles. The highest BCUT2D eigenvalue weighted by Crippen LogP contribution is 2.23. The Hall–Kier alpha value is -1.26. The van der Waals surface area contributed by atoms with E-state index in [9.17, 15) is 9.59 Å². The second kappa shape index (κ2) is 7.36. The Morgan fingerprint density at radius 2 is 1.89 bits per heavy atom. The Balaban J connectivity index is 2.50. The zero-order chi connectivity index (χ0) is 14.4. The summed E-state index contributed by atoms with van der Waals surface area (Å²) in [5, 5.41) is 11.9. The molecular formula is C14H26N2O3. The Labute approximate surface area is 115 Å². The van der Waals surface area contributed by atoms with Crippen molar-refractivity contribution in [2.24, 2.45) is 11.8 Å². The van der Waals surface area contributed by atoms with E-state index in [-0.39, 0.29) is 18.5 Å². The summed E-state index contributed by atoms with van der Waals surface area (Å²) in [6.07, 6.45) is 4.48. The molecule has 110 valence electrons. The Morgan fingerprint density at radius 1 is 1.32 bits per heavy atom. The molecule has 2 N–H and O–H groups in total. The lowest BCUT2D eigenvalue weighted by Gasteiger charge is -2.28. The van der Waals surface area contributed by atoms with Crippen molar-refractivity contribution >= 4 is 12.0 Å². The first-order chi connectivity index (χ1) is 8.97. The van der Waals surface area contributed by atoms with Crippen LogP contribution in [0.5, 0.6) is 0 Å². The number of carboxylic acids is 1. The quantitative estimate of drug-likeness (QED) is 0.778. The minimum Gasteiger partial charge on any atom is -0.481 e. The number of carbonyl (C=O) groups is 2. The van der Waals surface area contributed by atoms with Crippen LogP contribution in [0.25, 0.3) is 0 Å². The van der Waals surface area contributed by atoms with E-state index in [1.807, 2.05) is 25.7 Å². The second-order valence-corrected chi connectivity index (χ2v) is 5.60. The van der Waals surface area contributed by atoms with Crippen molar-refractivity contribution in [1.82, 2.24) is 10.2 Å². The molecule has 0 radical (unpaired) electrons. The number of hydrogen-bond donors (Lipinski definition) is 2. The number of rotatable bonds is 6. The molecule has 1 aliphatic carbocycles. The van der Waals surface area contributed by atoms with Gasteiger partial charge in [0.2, 0.25) is 0 Å². The minimum atomic E-state index is -0.848. The number of hydrogen-bond acceptors (Lipinski definition) is 2. The monoisotopic (exact) mass is 270 g/mol. The third kappa shape index (κ3) is 4.40. The molecule has 1 aliphatic rings. The normalized spacial score (nSPS) is 17.5. The smallest absolute Gasteiger partial charge is 0.317 e. The topological polar surface area (TPSA) is 69.6 Å². The van der Waals surface area contributed by atoms with Gasteiger partial charge in [0, 0.05) is 19.1 Å². The number of nitrogens with zero attached hydrogens (tertiary/aromatic N) is 1. The SMILES string of the molecule is CCN(C(=O)NCC(C(=O)O)C(C)C)C1CCCC1. The Bertz CT molecular complexity index is 312. The summed E-state index contributed by atoms with van der Waals surface area (Å²) in [7, 11) is 0. The summed E-state index contributed by atoms with van der Waals surface area (Å²) < 4.78 is 0. The molecule has 0 spiro atoms. The van der Waals surface area contributed by atoms with Gasteiger partial charge >= 0.3 is 12.0 Å².